The van der Waals surface area contributed by atoms with Crippen molar-refractivity contribution in [3.63, 3.8) is 0 Å². The summed E-state index contributed by atoms with van der Waals surface area (Å²) in [6, 6.07) is 6.07. The van der Waals surface area contributed by atoms with Gasteiger partial charge in [-0.15, -0.1) is 0 Å². The molecule has 0 heterocycles. The first-order chi connectivity index (χ1) is 8.36. The van der Waals surface area contributed by atoms with E-state index in [0.29, 0.717) is 11.6 Å². The van der Waals surface area contributed by atoms with Crippen LogP contribution in [0.3, 0.4) is 0 Å². The van der Waals surface area contributed by atoms with Gasteiger partial charge in [0.2, 0.25) is 0 Å². The van der Waals surface area contributed by atoms with E-state index in [1.807, 2.05) is 12.1 Å². The van der Waals surface area contributed by atoms with Gasteiger partial charge in [-0.1, -0.05) is 33.0 Å². The lowest BCUT2D eigenvalue weighted by Gasteiger charge is -2.27. The van der Waals surface area contributed by atoms with E-state index < -0.39 is 0 Å². The van der Waals surface area contributed by atoms with Crippen molar-refractivity contribution in [1.29, 1.82) is 0 Å². The van der Waals surface area contributed by atoms with Gasteiger partial charge in [-0.05, 0) is 38.7 Å². The number of rotatable bonds is 6. The molecule has 0 spiro atoms. The summed E-state index contributed by atoms with van der Waals surface area (Å²) in [6.07, 6.45) is 0. The summed E-state index contributed by atoms with van der Waals surface area (Å²) < 4.78 is 12.1. The van der Waals surface area contributed by atoms with Crippen molar-refractivity contribution in [3.05, 3.63) is 28.2 Å². The van der Waals surface area contributed by atoms with E-state index in [0.717, 1.165) is 22.4 Å². The van der Waals surface area contributed by atoms with Crippen LogP contribution in [0.25, 0.3) is 0 Å². The highest BCUT2D eigenvalue weighted by atomic mass is 79.9. The van der Waals surface area contributed by atoms with Gasteiger partial charge in [0.05, 0.1) is 27.0 Å². The van der Waals surface area contributed by atoms with Gasteiger partial charge in [-0.25, -0.2) is 0 Å². The van der Waals surface area contributed by atoms with Crippen molar-refractivity contribution >= 4 is 24.7 Å². The van der Waals surface area contributed by atoms with E-state index in [1.54, 1.807) is 7.11 Å². The summed E-state index contributed by atoms with van der Waals surface area (Å²) in [7, 11) is 1.34. The SMILES string of the molecule is COc1cc(COCC(C)(C)[Si](C)C)ccc1Br. The zero-order valence-electron chi connectivity index (χ0n) is 11.8. The van der Waals surface area contributed by atoms with E-state index in [2.05, 4.69) is 48.9 Å². The second-order valence-electron chi connectivity index (χ2n) is 5.35. The van der Waals surface area contributed by atoms with Crippen LogP contribution in [0.2, 0.25) is 18.1 Å². The quantitative estimate of drug-likeness (QED) is 0.715. The average Bonchev–Trinajstić information content (AvgIpc) is 2.31. The van der Waals surface area contributed by atoms with Crippen LogP contribution in [0.1, 0.15) is 19.4 Å². The highest BCUT2D eigenvalue weighted by Gasteiger charge is 2.23. The Labute approximate surface area is 120 Å². The lowest BCUT2D eigenvalue weighted by Crippen LogP contribution is -2.26. The molecule has 0 fully saturated rings. The van der Waals surface area contributed by atoms with E-state index in [1.165, 1.54) is 0 Å². The van der Waals surface area contributed by atoms with Crippen molar-refractivity contribution in [2.24, 2.45) is 0 Å². The molecule has 101 valence electrons. The predicted octanol–water partition coefficient (Wildman–Crippen LogP) is 4.51. The first-order valence-electron chi connectivity index (χ1n) is 6.07. The van der Waals surface area contributed by atoms with Gasteiger partial charge in [0.15, 0.2) is 0 Å². The van der Waals surface area contributed by atoms with Crippen LogP contribution in [0, 0.1) is 0 Å². The first kappa shape index (κ1) is 15.7. The fourth-order valence-corrected chi connectivity index (χ4v) is 2.16. The zero-order valence-corrected chi connectivity index (χ0v) is 14.4. The minimum absolute atomic E-state index is 0.310. The fourth-order valence-electron chi connectivity index (χ4n) is 1.36. The van der Waals surface area contributed by atoms with Crippen molar-refractivity contribution in [1.82, 2.24) is 0 Å². The second-order valence-corrected chi connectivity index (χ2v) is 9.55. The van der Waals surface area contributed by atoms with Crippen molar-refractivity contribution in [2.45, 2.75) is 38.6 Å². The summed E-state index contributed by atoms with van der Waals surface area (Å²) in [5.74, 6) is 0.853. The Balaban J connectivity index is 2.54. The fraction of sp³-hybridized carbons (Fsp3) is 0.571. The molecule has 1 rings (SSSR count). The number of halogens is 1. The normalized spacial score (nSPS) is 11.9. The Bertz CT molecular complexity index is 391. The van der Waals surface area contributed by atoms with Crippen LogP contribution in [-0.2, 0) is 11.3 Å². The Morgan fingerprint density at radius 2 is 1.94 bits per heavy atom. The topological polar surface area (TPSA) is 18.5 Å². The third kappa shape index (κ3) is 4.41. The number of hydrogen-bond donors (Lipinski definition) is 0. The molecule has 1 aromatic carbocycles. The Kier molecular flexibility index (Phi) is 5.88. The second kappa shape index (κ2) is 6.73. The van der Waals surface area contributed by atoms with Crippen LogP contribution in [0.5, 0.6) is 5.75 Å². The van der Waals surface area contributed by atoms with Crippen molar-refractivity contribution in [3.8, 4) is 5.75 Å². The monoisotopic (exact) mass is 329 g/mol. The molecule has 0 saturated carbocycles. The first-order valence-corrected chi connectivity index (χ1v) is 9.37. The molecular weight excluding hydrogens is 308 g/mol. The standard InChI is InChI=1S/C14H22BrO2Si/c1-14(2,18(4)5)10-17-9-11-6-7-12(15)13(8-11)16-3/h6-8H,9-10H2,1-5H3. The molecule has 0 atom stereocenters. The summed E-state index contributed by atoms with van der Waals surface area (Å²) in [4.78, 5) is 0. The molecule has 4 heteroatoms. The van der Waals surface area contributed by atoms with Crippen LogP contribution in [0.4, 0.5) is 0 Å². The van der Waals surface area contributed by atoms with E-state index in [-0.39, 0.29) is 8.80 Å². The smallest absolute Gasteiger partial charge is 0.133 e. The molecule has 0 aliphatic carbocycles. The largest absolute Gasteiger partial charge is 0.496 e. The molecule has 0 aliphatic rings. The number of benzene rings is 1. The maximum atomic E-state index is 5.84. The lowest BCUT2D eigenvalue weighted by atomic mass is 10.2. The van der Waals surface area contributed by atoms with Gasteiger partial charge in [0.25, 0.3) is 0 Å². The third-order valence-corrected chi connectivity index (χ3v) is 6.81. The van der Waals surface area contributed by atoms with E-state index in [4.69, 9.17) is 9.47 Å². The van der Waals surface area contributed by atoms with Crippen LogP contribution < -0.4 is 4.74 Å². The third-order valence-electron chi connectivity index (χ3n) is 3.30. The number of ether oxygens (including phenoxy) is 2. The van der Waals surface area contributed by atoms with Crippen molar-refractivity contribution in [2.75, 3.05) is 13.7 Å². The van der Waals surface area contributed by atoms with Crippen LogP contribution in [-0.4, -0.2) is 22.5 Å². The molecule has 18 heavy (non-hydrogen) atoms. The highest BCUT2D eigenvalue weighted by molar-refractivity contribution is 9.10. The number of methoxy groups -OCH3 is 1. The summed E-state index contributed by atoms with van der Waals surface area (Å²) in [6.45, 7) is 10.7. The molecule has 0 aromatic heterocycles. The molecule has 2 nitrogen and oxygen atoms in total. The van der Waals surface area contributed by atoms with Crippen LogP contribution >= 0.6 is 15.9 Å². The molecule has 1 radical (unpaired) electrons. The van der Waals surface area contributed by atoms with Gasteiger partial charge in [0.1, 0.15) is 5.75 Å². The minimum Gasteiger partial charge on any atom is -0.496 e. The minimum atomic E-state index is -0.341. The average molecular weight is 330 g/mol. The Morgan fingerprint density at radius 1 is 1.28 bits per heavy atom. The van der Waals surface area contributed by atoms with Gasteiger partial charge in [-0.2, -0.15) is 0 Å². The molecule has 0 amide bonds. The molecule has 0 saturated heterocycles. The van der Waals surface area contributed by atoms with Crippen molar-refractivity contribution < 1.29 is 9.47 Å². The molecule has 0 unspecified atom stereocenters. The number of hydrogen-bond acceptors (Lipinski definition) is 2. The van der Waals surface area contributed by atoms with Crippen LogP contribution in [0.15, 0.2) is 22.7 Å². The summed E-state index contributed by atoms with van der Waals surface area (Å²) in [5.41, 5.74) is 1.15. The predicted molar refractivity (Wildman–Crippen MR) is 81.9 cm³/mol. The molecule has 0 bridgehead atoms. The maximum Gasteiger partial charge on any atom is 0.133 e. The highest BCUT2D eigenvalue weighted by Crippen LogP contribution is 2.29. The molecule has 0 N–H and O–H groups in total. The van der Waals surface area contributed by atoms with E-state index >= 15 is 0 Å². The molecule has 1 aromatic rings. The maximum absolute atomic E-state index is 5.84. The summed E-state index contributed by atoms with van der Waals surface area (Å²) in [5, 5.41) is 0.310. The van der Waals surface area contributed by atoms with Gasteiger partial charge in [-0.3, -0.25) is 0 Å². The molecular formula is C14H22BrO2Si. The lowest BCUT2D eigenvalue weighted by molar-refractivity contribution is 0.100. The Hall–Kier alpha value is -0.323. The Morgan fingerprint density at radius 3 is 2.50 bits per heavy atom. The summed E-state index contributed by atoms with van der Waals surface area (Å²) >= 11 is 3.45. The van der Waals surface area contributed by atoms with E-state index in [9.17, 15) is 0 Å². The van der Waals surface area contributed by atoms with Gasteiger partial charge < -0.3 is 9.47 Å². The zero-order chi connectivity index (χ0) is 13.8. The molecule has 0 aliphatic heterocycles. The van der Waals surface area contributed by atoms with Gasteiger partial charge >= 0.3 is 0 Å². The van der Waals surface area contributed by atoms with Gasteiger partial charge in [0, 0.05) is 6.61 Å².